The molecule has 1 rings (SSSR count). The number of hydrogen-bond donors (Lipinski definition) is 3. The number of nitrogens with two attached hydrogens (primary N) is 1. The summed E-state index contributed by atoms with van der Waals surface area (Å²) < 4.78 is 13.5. The fraction of sp³-hybridized carbons (Fsp3) is 0.100. The molecule has 0 aliphatic heterocycles. The number of halogens is 2. The van der Waals surface area contributed by atoms with Crippen LogP contribution in [0.2, 0.25) is 0 Å². The molecule has 0 heterocycles. The lowest BCUT2D eigenvalue weighted by Crippen LogP contribution is -2.21. The molecule has 4 N–H and O–H groups in total. The van der Waals surface area contributed by atoms with E-state index >= 15 is 0 Å². The highest BCUT2D eigenvalue weighted by atomic mass is 79.9. The van der Waals surface area contributed by atoms with Crippen LogP contribution in [0, 0.1) is 29.5 Å². The van der Waals surface area contributed by atoms with Crippen molar-refractivity contribution in [2.24, 2.45) is 10.8 Å². The van der Waals surface area contributed by atoms with E-state index in [-0.39, 0.29) is 10.2 Å². The number of hydrogen-bond acceptors (Lipinski definition) is 4. The van der Waals surface area contributed by atoms with Gasteiger partial charge in [-0.1, -0.05) is 0 Å². The topological polar surface area (TPSA) is 98.0 Å². The first-order valence-electron chi connectivity index (χ1n) is 4.49. The van der Waals surface area contributed by atoms with Crippen LogP contribution in [-0.4, -0.2) is 11.5 Å². The number of amidine groups is 1. The maximum absolute atomic E-state index is 13.3. The van der Waals surface area contributed by atoms with Crippen LogP contribution in [0.4, 0.5) is 10.1 Å². The maximum Gasteiger partial charge on any atom is 0.201 e. The van der Waals surface area contributed by atoms with Gasteiger partial charge in [0.2, 0.25) is 5.71 Å². The van der Waals surface area contributed by atoms with Crippen molar-refractivity contribution in [3.8, 4) is 6.07 Å². The fourth-order valence-corrected chi connectivity index (χ4v) is 1.39. The van der Waals surface area contributed by atoms with Crippen LogP contribution in [0.15, 0.2) is 21.7 Å². The van der Waals surface area contributed by atoms with Crippen molar-refractivity contribution in [2.75, 3.05) is 5.43 Å². The van der Waals surface area contributed by atoms with E-state index in [1.807, 2.05) is 0 Å². The summed E-state index contributed by atoms with van der Waals surface area (Å²) in [5.74, 6) is -0.895. The molecule has 0 unspecified atom stereocenters. The highest BCUT2D eigenvalue weighted by molar-refractivity contribution is 9.10. The summed E-state index contributed by atoms with van der Waals surface area (Å²) in [6, 6.07) is 4.65. The molecule has 0 saturated heterocycles. The van der Waals surface area contributed by atoms with Gasteiger partial charge in [0.25, 0.3) is 0 Å². The van der Waals surface area contributed by atoms with Crippen LogP contribution in [0.5, 0.6) is 0 Å². The standard InChI is InChI=1S/C10H9BrFN5/c1-5-2-6(12)9(11)7(3-5)16-17-8(4-13)10(14)15/h2-3,16H,1H3,(H3,14,15)/b17-8+. The summed E-state index contributed by atoms with van der Waals surface area (Å²) in [6.07, 6.45) is 0. The Morgan fingerprint density at radius 1 is 1.65 bits per heavy atom. The second-order valence-corrected chi connectivity index (χ2v) is 4.00. The van der Waals surface area contributed by atoms with Crippen molar-refractivity contribution in [1.29, 1.82) is 10.7 Å². The lowest BCUT2D eigenvalue weighted by atomic mass is 10.2. The lowest BCUT2D eigenvalue weighted by molar-refractivity contribution is 0.620. The molecule has 0 spiro atoms. The highest BCUT2D eigenvalue weighted by Gasteiger charge is 2.07. The Kier molecular flexibility index (Phi) is 4.17. The normalized spacial score (nSPS) is 10.8. The Labute approximate surface area is 106 Å². The van der Waals surface area contributed by atoms with Crippen LogP contribution in [0.3, 0.4) is 0 Å². The minimum absolute atomic E-state index is 0.202. The number of rotatable bonds is 3. The number of aryl methyl sites for hydroxylation is 1. The molecule has 0 saturated carbocycles. The number of benzene rings is 1. The van der Waals surface area contributed by atoms with Crippen molar-refractivity contribution in [2.45, 2.75) is 6.92 Å². The Balaban J connectivity index is 3.05. The molecule has 0 amide bonds. The van der Waals surface area contributed by atoms with E-state index in [2.05, 4.69) is 26.5 Å². The van der Waals surface area contributed by atoms with Gasteiger partial charge in [0, 0.05) is 0 Å². The van der Waals surface area contributed by atoms with Gasteiger partial charge in [0.05, 0.1) is 10.2 Å². The zero-order valence-electron chi connectivity index (χ0n) is 8.88. The predicted molar refractivity (Wildman–Crippen MR) is 67.4 cm³/mol. The van der Waals surface area contributed by atoms with Crippen LogP contribution in [0.25, 0.3) is 0 Å². The van der Waals surface area contributed by atoms with Gasteiger partial charge in [0.15, 0.2) is 5.84 Å². The van der Waals surface area contributed by atoms with Gasteiger partial charge in [0.1, 0.15) is 11.9 Å². The molecule has 5 nitrogen and oxygen atoms in total. The summed E-state index contributed by atoms with van der Waals surface area (Å²) in [5.41, 5.74) is 8.39. The van der Waals surface area contributed by atoms with Crippen molar-refractivity contribution in [3.63, 3.8) is 0 Å². The first-order chi connectivity index (χ1) is 7.95. The molecular formula is C10H9BrFN5. The summed E-state index contributed by atoms with van der Waals surface area (Å²) in [4.78, 5) is 0. The third-order valence-electron chi connectivity index (χ3n) is 1.82. The molecule has 0 atom stereocenters. The first-order valence-corrected chi connectivity index (χ1v) is 5.29. The van der Waals surface area contributed by atoms with Crippen molar-refractivity contribution in [3.05, 3.63) is 28.0 Å². The van der Waals surface area contributed by atoms with E-state index in [4.69, 9.17) is 16.4 Å². The number of hydrazone groups is 1. The molecule has 1 aromatic carbocycles. The molecule has 0 radical (unpaired) electrons. The van der Waals surface area contributed by atoms with Crippen molar-refractivity contribution >= 4 is 33.2 Å². The van der Waals surface area contributed by atoms with E-state index in [1.54, 1.807) is 19.1 Å². The second-order valence-electron chi connectivity index (χ2n) is 3.21. The largest absolute Gasteiger partial charge is 0.382 e. The molecule has 0 aromatic heterocycles. The first kappa shape index (κ1) is 13.1. The average Bonchev–Trinajstić information content (AvgIpc) is 2.25. The van der Waals surface area contributed by atoms with Crippen LogP contribution < -0.4 is 11.2 Å². The third-order valence-corrected chi connectivity index (χ3v) is 2.63. The van der Waals surface area contributed by atoms with Crippen LogP contribution in [-0.2, 0) is 0 Å². The third kappa shape index (κ3) is 3.26. The SMILES string of the molecule is Cc1cc(F)c(Br)c(N/N=C(\C#N)C(=N)N)c1. The number of anilines is 1. The molecule has 7 heteroatoms. The molecule has 17 heavy (non-hydrogen) atoms. The minimum atomic E-state index is -0.454. The summed E-state index contributed by atoms with van der Waals surface area (Å²) in [6.45, 7) is 1.72. The Morgan fingerprint density at radius 3 is 2.82 bits per heavy atom. The van der Waals surface area contributed by atoms with Gasteiger partial charge < -0.3 is 5.73 Å². The molecule has 0 fully saturated rings. The van der Waals surface area contributed by atoms with Gasteiger partial charge in [-0.3, -0.25) is 10.8 Å². The van der Waals surface area contributed by atoms with E-state index in [0.29, 0.717) is 11.3 Å². The summed E-state index contributed by atoms with van der Waals surface area (Å²) in [5, 5.41) is 19.3. The smallest absolute Gasteiger partial charge is 0.201 e. The molecule has 88 valence electrons. The van der Waals surface area contributed by atoms with E-state index < -0.39 is 11.7 Å². The molecule has 0 aliphatic carbocycles. The van der Waals surface area contributed by atoms with E-state index in [0.717, 1.165) is 0 Å². The zero-order chi connectivity index (χ0) is 13.0. The second kappa shape index (κ2) is 5.41. The van der Waals surface area contributed by atoms with Gasteiger partial charge in [-0.05, 0) is 40.5 Å². The molecule has 1 aromatic rings. The highest BCUT2D eigenvalue weighted by Crippen LogP contribution is 2.26. The Hall–Kier alpha value is -1.94. The fourth-order valence-electron chi connectivity index (χ4n) is 1.07. The van der Waals surface area contributed by atoms with E-state index in [1.165, 1.54) is 6.07 Å². The molecular weight excluding hydrogens is 289 g/mol. The Morgan fingerprint density at radius 2 is 2.29 bits per heavy atom. The summed E-state index contributed by atoms with van der Waals surface area (Å²) in [7, 11) is 0. The lowest BCUT2D eigenvalue weighted by Gasteiger charge is -2.06. The monoisotopic (exact) mass is 297 g/mol. The van der Waals surface area contributed by atoms with E-state index in [9.17, 15) is 4.39 Å². The number of nitriles is 1. The van der Waals surface area contributed by atoms with Gasteiger partial charge in [-0.15, -0.1) is 0 Å². The van der Waals surface area contributed by atoms with Crippen molar-refractivity contribution in [1.82, 2.24) is 0 Å². The Bertz CT molecular complexity index is 532. The number of nitrogens with zero attached hydrogens (tertiary/aromatic N) is 2. The molecule has 0 aliphatic rings. The maximum atomic E-state index is 13.3. The van der Waals surface area contributed by atoms with Crippen LogP contribution in [0.1, 0.15) is 5.56 Å². The predicted octanol–water partition coefficient (Wildman–Crippen LogP) is 2.12. The number of nitrogens with one attached hydrogen (secondary N) is 2. The van der Waals surface area contributed by atoms with Gasteiger partial charge in [-0.2, -0.15) is 10.4 Å². The molecule has 0 bridgehead atoms. The van der Waals surface area contributed by atoms with Crippen molar-refractivity contribution < 1.29 is 4.39 Å². The minimum Gasteiger partial charge on any atom is -0.382 e. The van der Waals surface area contributed by atoms with Crippen LogP contribution >= 0.6 is 15.9 Å². The average molecular weight is 298 g/mol. The zero-order valence-corrected chi connectivity index (χ0v) is 10.5. The van der Waals surface area contributed by atoms with Gasteiger partial charge >= 0.3 is 0 Å². The van der Waals surface area contributed by atoms with Gasteiger partial charge in [-0.25, -0.2) is 4.39 Å². The quantitative estimate of drug-likeness (QED) is 0.453. The summed E-state index contributed by atoms with van der Waals surface area (Å²) >= 11 is 3.05.